The molecule has 0 saturated carbocycles. The van der Waals surface area contributed by atoms with Crippen LogP contribution in [0.1, 0.15) is 43.8 Å². The number of methoxy groups -OCH3 is 1. The maximum absolute atomic E-state index is 13.0. The topological polar surface area (TPSA) is 57.0 Å². The van der Waals surface area contributed by atoms with Crippen molar-refractivity contribution in [3.63, 3.8) is 0 Å². The Labute approximate surface area is 145 Å². The zero-order valence-corrected chi connectivity index (χ0v) is 15.5. The Hall–Kier alpha value is -1.79. The first-order chi connectivity index (χ1) is 11.6. The number of hydrogen-bond donors (Lipinski definition) is 0. The minimum atomic E-state index is 0.0642. The van der Waals surface area contributed by atoms with E-state index in [-0.39, 0.29) is 5.56 Å². The van der Waals surface area contributed by atoms with E-state index in [1.165, 1.54) is 11.3 Å². The molecule has 0 atom stereocenters. The quantitative estimate of drug-likeness (QED) is 0.681. The van der Waals surface area contributed by atoms with Gasteiger partial charge >= 0.3 is 0 Å². The first kappa shape index (κ1) is 17.0. The summed E-state index contributed by atoms with van der Waals surface area (Å²) in [5.74, 6) is 0.851. The summed E-state index contributed by atoms with van der Waals surface area (Å²) < 4.78 is 7.88. The van der Waals surface area contributed by atoms with Crippen LogP contribution in [0.3, 0.4) is 0 Å². The van der Waals surface area contributed by atoms with Crippen LogP contribution < -0.4 is 5.56 Å². The van der Waals surface area contributed by atoms with Crippen LogP contribution >= 0.6 is 11.3 Å². The van der Waals surface area contributed by atoms with Crippen molar-refractivity contribution in [2.24, 2.45) is 0 Å². The number of ether oxygens (including phenoxy) is 1. The first-order valence-corrected chi connectivity index (χ1v) is 9.23. The number of nitrogens with zero attached hydrogens (tertiary/aromatic N) is 3. The molecule has 0 aliphatic rings. The van der Waals surface area contributed by atoms with Crippen LogP contribution in [0.2, 0.25) is 0 Å². The zero-order valence-electron chi connectivity index (χ0n) is 14.7. The molecule has 0 aromatic carbocycles. The molecular formula is C18H23N3O2S. The normalized spacial score (nSPS) is 11.7. The van der Waals surface area contributed by atoms with Crippen molar-refractivity contribution >= 4 is 31.8 Å². The summed E-state index contributed by atoms with van der Waals surface area (Å²) in [4.78, 5) is 23.3. The Kier molecular flexibility index (Phi) is 4.96. The van der Waals surface area contributed by atoms with Crippen LogP contribution in [0.25, 0.3) is 20.4 Å². The highest BCUT2D eigenvalue weighted by Crippen LogP contribution is 2.33. The van der Waals surface area contributed by atoms with E-state index in [9.17, 15) is 4.79 Å². The van der Waals surface area contributed by atoms with E-state index < -0.39 is 0 Å². The molecule has 0 spiro atoms. The van der Waals surface area contributed by atoms with E-state index >= 15 is 0 Å². The third-order valence-corrected chi connectivity index (χ3v) is 5.25. The Morgan fingerprint density at radius 1 is 1.29 bits per heavy atom. The maximum atomic E-state index is 13.0. The second-order valence-electron chi connectivity index (χ2n) is 6.01. The van der Waals surface area contributed by atoms with Crippen LogP contribution in [-0.4, -0.2) is 21.6 Å². The third-order valence-electron chi connectivity index (χ3n) is 4.19. The van der Waals surface area contributed by atoms with Gasteiger partial charge in [-0.1, -0.05) is 20.3 Å². The molecule has 3 aromatic heterocycles. The van der Waals surface area contributed by atoms with Crippen LogP contribution in [0, 0.1) is 6.92 Å². The molecule has 5 nitrogen and oxygen atoms in total. The van der Waals surface area contributed by atoms with Gasteiger partial charge in [0.2, 0.25) is 0 Å². The second-order valence-corrected chi connectivity index (χ2v) is 7.01. The van der Waals surface area contributed by atoms with Gasteiger partial charge in [-0.15, -0.1) is 11.3 Å². The van der Waals surface area contributed by atoms with Crippen LogP contribution in [-0.2, 0) is 24.3 Å². The van der Waals surface area contributed by atoms with E-state index in [1.807, 2.05) is 24.5 Å². The molecule has 3 rings (SSSR count). The van der Waals surface area contributed by atoms with E-state index in [1.54, 1.807) is 7.11 Å². The summed E-state index contributed by atoms with van der Waals surface area (Å²) in [5.41, 5.74) is 2.83. The van der Waals surface area contributed by atoms with Crippen molar-refractivity contribution in [1.29, 1.82) is 0 Å². The van der Waals surface area contributed by atoms with Gasteiger partial charge in [0.05, 0.1) is 12.1 Å². The maximum Gasteiger partial charge on any atom is 0.271 e. The largest absolute Gasteiger partial charge is 0.380 e. The molecular weight excluding hydrogens is 322 g/mol. The van der Waals surface area contributed by atoms with Crippen LogP contribution in [0.5, 0.6) is 0 Å². The Morgan fingerprint density at radius 2 is 2.08 bits per heavy atom. The summed E-state index contributed by atoms with van der Waals surface area (Å²) >= 11 is 1.45. The predicted octanol–water partition coefficient (Wildman–Crippen LogP) is 3.82. The van der Waals surface area contributed by atoms with Gasteiger partial charge in [-0.2, -0.15) is 0 Å². The van der Waals surface area contributed by atoms with E-state index in [4.69, 9.17) is 9.72 Å². The van der Waals surface area contributed by atoms with Gasteiger partial charge < -0.3 is 4.74 Å². The molecule has 24 heavy (non-hydrogen) atoms. The van der Waals surface area contributed by atoms with Crippen molar-refractivity contribution in [2.45, 2.75) is 53.2 Å². The lowest BCUT2D eigenvalue weighted by molar-refractivity contribution is 0.186. The molecule has 128 valence electrons. The summed E-state index contributed by atoms with van der Waals surface area (Å²) in [6.45, 7) is 7.36. The molecule has 0 aliphatic carbocycles. The standard InChI is InChI=1S/C18H23N3O2S/c1-5-7-8-21-13(6-2)20-15-14-12(10-23-4)9-11(3)19-17(14)24-16(15)18(21)22/h9H,5-8,10H2,1-4H3. The van der Waals surface area contributed by atoms with E-state index in [0.29, 0.717) is 11.3 Å². The minimum Gasteiger partial charge on any atom is -0.380 e. The molecule has 3 aromatic rings. The Morgan fingerprint density at radius 3 is 2.75 bits per heavy atom. The molecule has 0 bridgehead atoms. The minimum absolute atomic E-state index is 0.0642. The Balaban J connectivity index is 2.36. The summed E-state index contributed by atoms with van der Waals surface area (Å²) in [7, 11) is 1.68. The van der Waals surface area contributed by atoms with Crippen LogP contribution in [0.15, 0.2) is 10.9 Å². The van der Waals surface area contributed by atoms with Crippen molar-refractivity contribution < 1.29 is 4.74 Å². The average molecular weight is 345 g/mol. The number of aryl methyl sites for hydroxylation is 2. The van der Waals surface area contributed by atoms with Gasteiger partial charge in [0.15, 0.2) is 0 Å². The summed E-state index contributed by atoms with van der Waals surface area (Å²) in [5, 5.41) is 0.969. The zero-order chi connectivity index (χ0) is 17.3. The van der Waals surface area contributed by atoms with Crippen molar-refractivity contribution in [2.75, 3.05) is 7.11 Å². The number of thiophene rings is 1. The highest BCUT2D eigenvalue weighted by Gasteiger charge is 2.18. The molecule has 0 fully saturated rings. The van der Waals surface area contributed by atoms with Crippen molar-refractivity contribution in [3.8, 4) is 0 Å². The molecule has 0 N–H and O–H groups in total. The molecule has 3 heterocycles. The highest BCUT2D eigenvalue weighted by molar-refractivity contribution is 7.25. The fourth-order valence-electron chi connectivity index (χ4n) is 3.06. The van der Waals surface area contributed by atoms with Crippen molar-refractivity contribution in [3.05, 3.63) is 33.5 Å². The van der Waals surface area contributed by atoms with E-state index in [0.717, 1.165) is 58.6 Å². The van der Waals surface area contributed by atoms with Crippen molar-refractivity contribution in [1.82, 2.24) is 14.5 Å². The van der Waals surface area contributed by atoms with Gasteiger partial charge in [0.25, 0.3) is 5.56 Å². The van der Waals surface area contributed by atoms with Gasteiger partial charge in [-0.3, -0.25) is 9.36 Å². The monoisotopic (exact) mass is 345 g/mol. The SMILES string of the molecule is CCCCn1c(CC)nc2c(sc3nc(C)cc(COC)c32)c1=O. The molecule has 0 amide bonds. The number of fused-ring (bicyclic) bond motifs is 3. The molecule has 0 unspecified atom stereocenters. The number of hydrogen-bond acceptors (Lipinski definition) is 5. The summed E-state index contributed by atoms with van der Waals surface area (Å²) in [6.07, 6.45) is 2.78. The molecule has 0 radical (unpaired) electrons. The number of unbranched alkanes of at least 4 members (excludes halogenated alkanes) is 1. The first-order valence-electron chi connectivity index (χ1n) is 8.42. The van der Waals surface area contributed by atoms with Gasteiger partial charge in [-0.25, -0.2) is 9.97 Å². The average Bonchev–Trinajstić information content (AvgIpc) is 2.92. The fourth-order valence-corrected chi connectivity index (χ4v) is 4.22. The fraction of sp³-hybridized carbons (Fsp3) is 0.500. The van der Waals surface area contributed by atoms with Gasteiger partial charge in [-0.05, 0) is 25.0 Å². The lowest BCUT2D eigenvalue weighted by Gasteiger charge is -2.10. The molecule has 0 saturated heterocycles. The lowest BCUT2D eigenvalue weighted by atomic mass is 10.1. The smallest absolute Gasteiger partial charge is 0.271 e. The number of aromatic nitrogens is 3. The summed E-state index contributed by atoms with van der Waals surface area (Å²) in [6, 6.07) is 2.02. The van der Waals surface area contributed by atoms with Gasteiger partial charge in [0, 0.05) is 31.2 Å². The lowest BCUT2D eigenvalue weighted by Crippen LogP contribution is -2.24. The second kappa shape index (κ2) is 6.99. The third kappa shape index (κ3) is 2.84. The predicted molar refractivity (Wildman–Crippen MR) is 98.9 cm³/mol. The highest BCUT2D eigenvalue weighted by atomic mass is 32.1. The van der Waals surface area contributed by atoms with E-state index in [2.05, 4.69) is 11.9 Å². The Bertz CT molecular complexity index is 943. The molecule has 0 aliphatic heterocycles. The number of pyridine rings is 1. The number of rotatable bonds is 6. The van der Waals surface area contributed by atoms with Crippen LogP contribution in [0.4, 0.5) is 0 Å². The molecule has 6 heteroatoms. The van der Waals surface area contributed by atoms with Gasteiger partial charge in [0.1, 0.15) is 15.4 Å².